The van der Waals surface area contributed by atoms with Crippen LogP contribution >= 0.6 is 35.0 Å². The Balaban J connectivity index is 2.21. The molecule has 0 saturated carbocycles. The topological polar surface area (TPSA) is 46.5 Å². The molecule has 1 fully saturated rings. The number of halogens is 5. The average molecular weight is 493 g/mol. The van der Waals surface area contributed by atoms with Crippen LogP contribution in [0.4, 0.5) is 13.2 Å². The number of aryl methyl sites for hydroxylation is 1. The van der Waals surface area contributed by atoms with E-state index in [2.05, 4.69) is 0 Å². The predicted molar refractivity (Wildman–Crippen MR) is 117 cm³/mol. The number of benzene rings is 2. The number of thioether (sulfide) groups is 1. The van der Waals surface area contributed by atoms with E-state index in [9.17, 15) is 23.1 Å². The van der Waals surface area contributed by atoms with E-state index in [1.54, 1.807) is 31.2 Å². The number of rotatable bonds is 5. The summed E-state index contributed by atoms with van der Waals surface area (Å²) in [6.45, 7) is 3.47. The summed E-state index contributed by atoms with van der Waals surface area (Å²) in [6.07, 6.45) is -4.88. The maximum Gasteiger partial charge on any atom is 0.407 e. The minimum Gasteiger partial charge on any atom is -0.465 e. The Labute approximate surface area is 192 Å². The van der Waals surface area contributed by atoms with Crippen LogP contribution in [0, 0.1) is 0 Å². The van der Waals surface area contributed by atoms with Crippen LogP contribution in [0.5, 0.6) is 0 Å². The predicted octanol–water partition coefficient (Wildman–Crippen LogP) is 6.27. The highest BCUT2D eigenvalue weighted by Crippen LogP contribution is 2.65. The number of esters is 1. The summed E-state index contributed by atoms with van der Waals surface area (Å²) in [6, 6.07) is 10.2. The molecule has 1 N–H and O–H groups in total. The van der Waals surface area contributed by atoms with Crippen molar-refractivity contribution in [3.05, 3.63) is 69.2 Å². The first-order valence-corrected chi connectivity index (χ1v) is 11.3. The molecule has 0 amide bonds. The van der Waals surface area contributed by atoms with Gasteiger partial charge in [0.2, 0.25) is 0 Å². The summed E-state index contributed by atoms with van der Waals surface area (Å²) in [7, 11) is 0. The lowest BCUT2D eigenvalue weighted by atomic mass is 9.79. The lowest BCUT2D eigenvalue weighted by molar-refractivity contribution is -0.174. The van der Waals surface area contributed by atoms with E-state index >= 15 is 0 Å². The summed E-state index contributed by atoms with van der Waals surface area (Å²) in [5.74, 6) is -0.909. The van der Waals surface area contributed by atoms with Crippen molar-refractivity contribution in [2.75, 3.05) is 6.61 Å². The van der Waals surface area contributed by atoms with Crippen LogP contribution in [0.1, 0.15) is 37.0 Å². The molecule has 168 valence electrons. The fourth-order valence-corrected chi connectivity index (χ4v) is 6.04. The molecule has 2 aromatic carbocycles. The van der Waals surface area contributed by atoms with Gasteiger partial charge in [-0.05, 0) is 48.2 Å². The van der Waals surface area contributed by atoms with Gasteiger partial charge < -0.3 is 9.84 Å². The zero-order valence-electron chi connectivity index (χ0n) is 16.8. The van der Waals surface area contributed by atoms with Crippen LogP contribution in [0.15, 0.2) is 42.5 Å². The van der Waals surface area contributed by atoms with Gasteiger partial charge >= 0.3 is 12.1 Å². The molecule has 2 aromatic rings. The van der Waals surface area contributed by atoms with E-state index in [0.29, 0.717) is 11.8 Å². The third kappa shape index (κ3) is 4.42. The van der Waals surface area contributed by atoms with Gasteiger partial charge in [0.1, 0.15) is 15.6 Å². The molecule has 1 saturated heterocycles. The maximum absolute atomic E-state index is 14.6. The SMILES string of the molecule is CCOC(=O)C1SC(c2cc(Cl)cc(Cl)c2)(C(F)(F)F)CC1(O)c1ccc(CC)cc1. The highest BCUT2D eigenvalue weighted by molar-refractivity contribution is 8.02. The van der Waals surface area contributed by atoms with Crippen LogP contribution < -0.4 is 0 Å². The van der Waals surface area contributed by atoms with Crippen molar-refractivity contribution in [2.24, 2.45) is 0 Å². The molecule has 3 nitrogen and oxygen atoms in total. The van der Waals surface area contributed by atoms with Crippen LogP contribution in [0.2, 0.25) is 10.0 Å². The molecule has 3 rings (SSSR count). The normalized spacial score (nSPS) is 26.1. The Hall–Kier alpha value is -1.41. The average Bonchev–Trinajstić information content (AvgIpc) is 3.03. The summed E-state index contributed by atoms with van der Waals surface area (Å²) in [5, 5.41) is 10.2. The first kappa shape index (κ1) is 24.2. The van der Waals surface area contributed by atoms with Crippen molar-refractivity contribution in [1.29, 1.82) is 0 Å². The van der Waals surface area contributed by atoms with E-state index in [4.69, 9.17) is 27.9 Å². The lowest BCUT2D eigenvalue weighted by Gasteiger charge is -2.33. The lowest BCUT2D eigenvalue weighted by Crippen LogP contribution is -2.42. The number of hydrogen-bond donors (Lipinski definition) is 1. The van der Waals surface area contributed by atoms with E-state index in [-0.39, 0.29) is 27.8 Å². The molecule has 0 bridgehead atoms. The smallest absolute Gasteiger partial charge is 0.407 e. The maximum atomic E-state index is 14.6. The zero-order chi connectivity index (χ0) is 23.0. The second-order valence-electron chi connectivity index (χ2n) is 7.38. The van der Waals surface area contributed by atoms with Crippen LogP contribution in [-0.2, 0) is 26.3 Å². The van der Waals surface area contributed by atoms with Crippen LogP contribution in [0.25, 0.3) is 0 Å². The first-order valence-electron chi connectivity index (χ1n) is 9.66. The fraction of sp³-hybridized carbons (Fsp3) is 0.409. The Bertz CT molecular complexity index is 947. The molecule has 0 radical (unpaired) electrons. The Kier molecular flexibility index (Phi) is 6.92. The zero-order valence-corrected chi connectivity index (χ0v) is 19.1. The van der Waals surface area contributed by atoms with Crippen molar-refractivity contribution >= 4 is 40.9 Å². The Morgan fingerprint density at radius 2 is 1.71 bits per heavy atom. The van der Waals surface area contributed by atoms with Gasteiger partial charge in [-0.25, -0.2) is 0 Å². The molecule has 1 aliphatic rings. The Morgan fingerprint density at radius 3 is 2.19 bits per heavy atom. The molecule has 0 aliphatic carbocycles. The van der Waals surface area contributed by atoms with E-state index in [1.165, 1.54) is 18.2 Å². The number of alkyl halides is 3. The second-order valence-corrected chi connectivity index (χ2v) is 9.66. The van der Waals surface area contributed by atoms with Gasteiger partial charge in [-0.2, -0.15) is 13.2 Å². The third-order valence-electron chi connectivity index (χ3n) is 5.42. The van der Waals surface area contributed by atoms with Crippen molar-refractivity contribution in [1.82, 2.24) is 0 Å². The molecule has 9 heteroatoms. The summed E-state index contributed by atoms with van der Waals surface area (Å²) in [4.78, 5) is 12.7. The van der Waals surface area contributed by atoms with Crippen molar-refractivity contribution < 1.29 is 27.8 Å². The first-order chi connectivity index (χ1) is 14.5. The summed E-state index contributed by atoms with van der Waals surface area (Å²) < 4.78 is 46.2. The van der Waals surface area contributed by atoms with E-state index < -0.39 is 34.2 Å². The standard InChI is InChI=1S/C22H21Cl2F3O3S/c1-3-13-5-7-14(8-6-13)20(29)12-21(22(25,26)27,31-18(20)19(28)30-4-2)15-9-16(23)11-17(24)10-15/h5-11,18,29H,3-4,12H2,1-2H3. The number of hydrogen-bond acceptors (Lipinski definition) is 4. The molecule has 3 atom stereocenters. The van der Waals surface area contributed by atoms with Gasteiger partial charge in [-0.1, -0.05) is 54.4 Å². The van der Waals surface area contributed by atoms with Gasteiger partial charge in [0.25, 0.3) is 0 Å². The monoisotopic (exact) mass is 492 g/mol. The molecule has 3 unspecified atom stereocenters. The van der Waals surface area contributed by atoms with Gasteiger partial charge in [0, 0.05) is 16.5 Å². The number of carbonyl (C=O) groups is 1. The number of aliphatic hydroxyl groups is 1. The van der Waals surface area contributed by atoms with Crippen molar-refractivity contribution in [3.63, 3.8) is 0 Å². The van der Waals surface area contributed by atoms with Crippen LogP contribution in [-0.4, -0.2) is 29.1 Å². The van der Waals surface area contributed by atoms with E-state index in [1.807, 2.05) is 6.92 Å². The number of carbonyl (C=O) groups excluding carboxylic acids is 1. The van der Waals surface area contributed by atoms with Gasteiger partial charge in [-0.15, -0.1) is 11.8 Å². The highest BCUT2D eigenvalue weighted by atomic mass is 35.5. The van der Waals surface area contributed by atoms with E-state index in [0.717, 1.165) is 12.0 Å². The molecular formula is C22H21Cl2F3O3S. The minimum atomic E-state index is -4.82. The van der Waals surface area contributed by atoms with Crippen LogP contribution in [0.3, 0.4) is 0 Å². The molecule has 1 heterocycles. The van der Waals surface area contributed by atoms with Crippen molar-refractivity contribution in [3.8, 4) is 0 Å². The van der Waals surface area contributed by atoms with Gasteiger partial charge in [-0.3, -0.25) is 4.79 Å². The minimum absolute atomic E-state index is 0.0250. The molecule has 0 aromatic heterocycles. The highest BCUT2D eigenvalue weighted by Gasteiger charge is 2.69. The van der Waals surface area contributed by atoms with Gasteiger partial charge in [0.05, 0.1) is 6.61 Å². The molecule has 31 heavy (non-hydrogen) atoms. The quantitative estimate of drug-likeness (QED) is 0.499. The molecular weight excluding hydrogens is 472 g/mol. The summed E-state index contributed by atoms with van der Waals surface area (Å²) >= 11 is 12.3. The van der Waals surface area contributed by atoms with Crippen molar-refractivity contribution in [2.45, 2.75) is 48.5 Å². The number of ether oxygens (including phenoxy) is 1. The molecule has 0 spiro atoms. The third-order valence-corrected chi connectivity index (χ3v) is 7.69. The largest absolute Gasteiger partial charge is 0.465 e. The Morgan fingerprint density at radius 1 is 1.13 bits per heavy atom. The van der Waals surface area contributed by atoms with Gasteiger partial charge in [0.15, 0.2) is 0 Å². The molecule has 1 aliphatic heterocycles. The summed E-state index contributed by atoms with van der Waals surface area (Å²) in [5.41, 5.74) is -1.17. The second kappa shape index (κ2) is 8.85. The fourth-order valence-electron chi connectivity index (χ4n) is 3.84.